The molecule has 2 aromatic carbocycles. The number of nitrogens with one attached hydrogen (secondary N) is 1. The lowest BCUT2D eigenvalue weighted by molar-refractivity contribution is -0.137. The van der Waals surface area contributed by atoms with E-state index in [0.29, 0.717) is 18.2 Å². The molecule has 12 heteroatoms. The van der Waals surface area contributed by atoms with Crippen molar-refractivity contribution in [3.05, 3.63) is 69.3 Å². The van der Waals surface area contributed by atoms with Gasteiger partial charge in [0, 0.05) is 19.3 Å². The van der Waals surface area contributed by atoms with Crippen LogP contribution in [-0.2, 0) is 13.2 Å². The second kappa shape index (κ2) is 8.11. The normalized spacial score (nSPS) is 11.5. The maximum absolute atomic E-state index is 13.8. The van der Waals surface area contributed by atoms with Gasteiger partial charge < -0.3 is 10.1 Å². The first kappa shape index (κ1) is 21.8. The van der Waals surface area contributed by atoms with Gasteiger partial charge in [-0.1, -0.05) is 23.2 Å². The van der Waals surface area contributed by atoms with Crippen LogP contribution in [0.4, 0.5) is 27.6 Å². The molecule has 5 nitrogen and oxygen atoms in total. The van der Waals surface area contributed by atoms with Crippen LogP contribution in [0.3, 0.4) is 0 Å². The highest BCUT2D eigenvalue weighted by atomic mass is 35.5. The summed E-state index contributed by atoms with van der Waals surface area (Å²) in [6.07, 6.45) is -3.46. The Balaban J connectivity index is 1.92. The summed E-state index contributed by atoms with van der Waals surface area (Å²) in [6.45, 7) is 0. The van der Waals surface area contributed by atoms with E-state index in [9.17, 15) is 26.7 Å². The molecule has 30 heavy (non-hydrogen) atoms. The molecule has 0 spiro atoms. The van der Waals surface area contributed by atoms with Crippen LogP contribution in [0.15, 0.2) is 36.5 Å². The van der Waals surface area contributed by atoms with Gasteiger partial charge in [-0.05, 0) is 24.3 Å². The smallest absolute Gasteiger partial charge is 0.416 e. The minimum Gasteiger partial charge on any atom is -0.434 e. The third-order valence-corrected chi connectivity index (χ3v) is 4.30. The van der Waals surface area contributed by atoms with Crippen LogP contribution in [0, 0.1) is 11.6 Å². The van der Waals surface area contributed by atoms with Crippen molar-refractivity contribution in [3.8, 4) is 11.6 Å². The van der Waals surface area contributed by atoms with E-state index in [-0.39, 0.29) is 22.9 Å². The monoisotopic (exact) mass is 465 g/mol. The number of aryl methyl sites for hydroxylation is 1. The molecule has 0 aliphatic rings. The molecular formula is C18H10Cl2F5N3O2. The Kier molecular flexibility index (Phi) is 5.91. The Morgan fingerprint density at radius 1 is 1.13 bits per heavy atom. The maximum atomic E-state index is 13.8. The molecule has 0 atom stereocenters. The Bertz CT molecular complexity index is 1110. The minimum absolute atomic E-state index is 0.201. The molecule has 0 saturated heterocycles. The van der Waals surface area contributed by atoms with Crippen LogP contribution in [0.2, 0.25) is 10.0 Å². The number of benzene rings is 2. The third-order valence-electron chi connectivity index (χ3n) is 3.74. The minimum atomic E-state index is -4.68. The SMILES string of the molecule is Cn1cc(C(=O)Nc2ccc(F)cc2F)c(Oc2c(Cl)cc(C(F)(F)F)cc2Cl)n1. The number of halogens is 7. The summed E-state index contributed by atoms with van der Waals surface area (Å²) in [4.78, 5) is 12.5. The Hall–Kier alpha value is -2.85. The lowest BCUT2D eigenvalue weighted by Crippen LogP contribution is -2.13. The summed E-state index contributed by atoms with van der Waals surface area (Å²) in [6, 6.07) is 3.76. The Labute approximate surface area is 176 Å². The van der Waals surface area contributed by atoms with Gasteiger partial charge in [0.05, 0.1) is 21.3 Å². The molecule has 0 radical (unpaired) electrons. The lowest BCUT2D eigenvalue weighted by atomic mass is 10.2. The first-order valence-electron chi connectivity index (χ1n) is 8.00. The zero-order valence-corrected chi connectivity index (χ0v) is 16.3. The molecule has 1 heterocycles. The van der Waals surface area contributed by atoms with Gasteiger partial charge in [0.1, 0.15) is 17.2 Å². The third kappa shape index (κ3) is 4.65. The van der Waals surface area contributed by atoms with Crippen LogP contribution < -0.4 is 10.1 Å². The predicted molar refractivity (Wildman–Crippen MR) is 99.1 cm³/mol. The number of ether oxygens (including phenoxy) is 1. The number of aromatic nitrogens is 2. The molecule has 3 aromatic rings. The summed E-state index contributed by atoms with van der Waals surface area (Å²) in [5.74, 6) is -3.41. The van der Waals surface area contributed by atoms with E-state index in [1.165, 1.54) is 17.9 Å². The fraction of sp³-hybridized carbons (Fsp3) is 0.111. The number of alkyl halides is 3. The van der Waals surface area contributed by atoms with Crippen molar-refractivity contribution in [2.24, 2.45) is 7.05 Å². The zero-order valence-electron chi connectivity index (χ0n) is 14.8. The van der Waals surface area contributed by atoms with Crippen molar-refractivity contribution < 1.29 is 31.5 Å². The van der Waals surface area contributed by atoms with Crippen LogP contribution in [-0.4, -0.2) is 15.7 Å². The number of hydrogen-bond donors (Lipinski definition) is 1. The van der Waals surface area contributed by atoms with E-state index in [2.05, 4.69) is 10.4 Å². The quantitative estimate of drug-likeness (QED) is 0.475. The molecule has 3 rings (SSSR count). The molecule has 0 saturated carbocycles. The van der Waals surface area contributed by atoms with E-state index in [0.717, 1.165) is 12.1 Å². The number of hydrogen-bond acceptors (Lipinski definition) is 3. The first-order valence-corrected chi connectivity index (χ1v) is 8.75. The van der Waals surface area contributed by atoms with Gasteiger partial charge >= 0.3 is 6.18 Å². The van der Waals surface area contributed by atoms with E-state index < -0.39 is 39.3 Å². The topological polar surface area (TPSA) is 56.2 Å². The van der Waals surface area contributed by atoms with Crippen LogP contribution >= 0.6 is 23.2 Å². The number of carbonyl (C=O) groups excluding carboxylic acids is 1. The number of rotatable bonds is 4. The van der Waals surface area contributed by atoms with E-state index in [1.807, 2.05) is 0 Å². The van der Waals surface area contributed by atoms with Crippen molar-refractivity contribution in [1.29, 1.82) is 0 Å². The molecule has 0 fully saturated rings. The van der Waals surface area contributed by atoms with Gasteiger partial charge in [0.2, 0.25) is 0 Å². The van der Waals surface area contributed by atoms with Gasteiger partial charge in [-0.25, -0.2) is 8.78 Å². The molecule has 1 amide bonds. The number of anilines is 1. The van der Waals surface area contributed by atoms with Crippen molar-refractivity contribution in [2.75, 3.05) is 5.32 Å². The fourth-order valence-corrected chi connectivity index (χ4v) is 2.96. The Morgan fingerprint density at radius 3 is 2.33 bits per heavy atom. The largest absolute Gasteiger partial charge is 0.434 e. The molecule has 1 aromatic heterocycles. The van der Waals surface area contributed by atoms with Crippen LogP contribution in [0.5, 0.6) is 11.6 Å². The summed E-state index contributed by atoms with van der Waals surface area (Å²) in [5.41, 5.74) is -1.59. The molecule has 0 aliphatic carbocycles. The number of carbonyl (C=O) groups is 1. The highest BCUT2D eigenvalue weighted by Crippen LogP contribution is 2.42. The maximum Gasteiger partial charge on any atom is 0.416 e. The summed E-state index contributed by atoms with van der Waals surface area (Å²) in [5, 5.41) is 5.20. The van der Waals surface area contributed by atoms with Crippen molar-refractivity contribution >= 4 is 34.8 Å². The summed E-state index contributed by atoms with van der Waals surface area (Å²) < 4.78 is 72.0. The molecule has 0 aliphatic heterocycles. The standard InChI is InChI=1S/C18H10Cl2F5N3O2/c1-28-7-10(16(29)26-14-3-2-9(21)6-13(14)22)17(27-28)30-15-11(19)4-8(5-12(15)20)18(23,24)25/h2-7H,1H3,(H,26,29). The van der Waals surface area contributed by atoms with Crippen molar-refractivity contribution in [2.45, 2.75) is 6.18 Å². The van der Waals surface area contributed by atoms with Gasteiger partial charge in [-0.2, -0.15) is 13.2 Å². The molecule has 0 bridgehead atoms. The van der Waals surface area contributed by atoms with Crippen molar-refractivity contribution in [3.63, 3.8) is 0 Å². The van der Waals surface area contributed by atoms with E-state index >= 15 is 0 Å². The second-order valence-electron chi connectivity index (χ2n) is 5.97. The summed E-state index contributed by atoms with van der Waals surface area (Å²) >= 11 is 11.7. The van der Waals surface area contributed by atoms with Gasteiger partial charge in [-0.15, -0.1) is 5.10 Å². The molecule has 0 unspecified atom stereocenters. The van der Waals surface area contributed by atoms with Crippen molar-refractivity contribution in [1.82, 2.24) is 9.78 Å². The number of amides is 1. The van der Waals surface area contributed by atoms with Gasteiger partial charge in [-0.3, -0.25) is 9.48 Å². The number of nitrogens with zero attached hydrogens (tertiary/aromatic N) is 2. The Morgan fingerprint density at radius 2 is 1.77 bits per heavy atom. The lowest BCUT2D eigenvalue weighted by Gasteiger charge is -2.13. The molecule has 1 N–H and O–H groups in total. The first-order chi connectivity index (χ1) is 14.0. The van der Waals surface area contributed by atoms with E-state index in [1.54, 1.807) is 0 Å². The highest BCUT2D eigenvalue weighted by molar-refractivity contribution is 6.37. The van der Waals surface area contributed by atoms with E-state index in [4.69, 9.17) is 27.9 Å². The second-order valence-corrected chi connectivity index (χ2v) is 6.78. The molecular weight excluding hydrogens is 456 g/mol. The molecule has 158 valence electrons. The fourth-order valence-electron chi connectivity index (χ4n) is 2.40. The van der Waals surface area contributed by atoms with Crippen LogP contribution in [0.25, 0.3) is 0 Å². The predicted octanol–water partition coefficient (Wildman–Crippen LogP) is 6.07. The van der Waals surface area contributed by atoms with Gasteiger partial charge in [0.25, 0.3) is 11.8 Å². The summed E-state index contributed by atoms with van der Waals surface area (Å²) in [7, 11) is 1.44. The van der Waals surface area contributed by atoms with Gasteiger partial charge in [0.15, 0.2) is 5.75 Å². The van der Waals surface area contributed by atoms with Crippen LogP contribution in [0.1, 0.15) is 15.9 Å². The zero-order chi connectivity index (χ0) is 22.2. The average Bonchev–Trinajstić information content (AvgIpc) is 3.00. The highest BCUT2D eigenvalue weighted by Gasteiger charge is 2.32. The average molecular weight is 466 g/mol.